The van der Waals surface area contributed by atoms with E-state index in [0.29, 0.717) is 22.9 Å². The summed E-state index contributed by atoms with van der Waals surface area (Å²) in [6.07, 6.45) is 0. The van der Waals surface area contributed by atoms with Crippen LogP contribution in [0.3, 0.4) is 0 Å². The van der Waals surface area contributed by atoms with E-state index in [1.54, 1.807) is 0 Å². The SMILES string of the molecule is CC1CN(CC(N)=NO)CC(C)S1. The zero-order valence-electron chi connectivity index (χ0n) is 8.10. The van der Waals surface area contributed by atoms with Crippen molar-refractivity contribution in [2.24, 2.45) is 10.9 Å². The van der Waals surface area contributed by atoms with E-state index in [-0.39, 0.29) is 0 Å². The fourth-order valence-electron chi connectivity index (χ4n) is 1.67. The normalized spacial score (nSPS) is 32.0. The molecule has 0 aromatic carbocycles. The van der Waals surface area contributed by atoms with E-state index in [1.807, 2.05) is 11.8 Å². The maximum Gasteiger partial charge on any atom is 0.153 e. The van der Waals surface area contributed by atoms with Gasteiger partial charge in [-0.05, 0) is 0 Å². The van der Waals surface area contributed by atoms with Crippen LogP contribution in [0.1, 0.15) is 13.8 Å². The second-order valence-corrected chi connectivity index (χ2v) is 5.42. The molecule has 0 aliphatic carbocycles. The molecule has 0 spiro atoms. The number of thioether (sulfide) groups is 1. The molecule has 2 unspecified atom stereocenters. The first kappa shape index (κ1) is 10.7. The van der Waals surface area contributed by atoms with Crippen LogP contribution in [0.4, 0.5) is 0 Å². The molecule has 2 atom stereocenters. The molecule has 0 bridgehead atoms. The Balaban J connectivity index is 2.41. The minimum atomic E-state index is 0.298. The van der Waals surface area contributed by atoms with Gasteiger partial charge in [0.1, 0.15) is 0 Å². The van der Waals surface area contributed by atoms with Gasteiger partial charge in [-0.3, -0.25) is 4.90 Å². The predicted molar refractivity (Wildman–Crippen MR) is 56.4 cm³/mol. The lowest BCUT2D eigenvalue weighted by atomic mass is 10.3. The van der Waals surface area contributed by atoms with Crippen molar-refractivity contribution in [3.63, 3.8) is 0 Å². The molecule has 1 aliphatic heterocycles. The Morgan fingerprint density at radius 1 is 1.54 bits per heavy atom. The van der Waals surface area contributed by atoms with Gasteiger partial charge in [-0.1, -0.05) is 19.0 Å². The van der Waals surface area contributed by atoms with Gasteiger partial charge in [0.05, 0.1) is 6.54 Å². The zero-order chi connectivity index (χ0) is 9.84. The zero-order valence-corrected chi connectivity index (χ0v) is 8.92. The minimum Gasteiger partial charge on any atom is -0.409 e. The lowest BCUT2D eigenvalue weighted by Crippen LogP contribution is -2.44. The van der Waals surface area contributed by atoms with Crippen LogP contribution in [0.25, 0.3) is 0 Å². The minimum absolute atomic E-state index is 0.298. The van der Waals surface area contributed by atoms with Gasteiger partial charge in [0.15, 0.2) is 5.84 Å². The summed E-state index contributed by atoms with van der Waals surface area (Å²) in [4.78, 5) is 2.22. The molecule has 13 heavy (non-hydrogen) atoms. The third-order valence-electron chi connectivity index (χ3n) is 2.01. The highest BCUT2D eigenvalue weighted by Gasteiger charge is 2.22. The number of nitrogens with zero attached hydrogens (tertiary/aromatic N) is 2. The van der Waals surface area contributed by atoms with Crippen LogP contribution < -0.4 is 5.73 Å². The van der Waals surface area contributed by atoms with E-state index in [4.69, 9.17) is 10.9 Å². The van der Waals surface area contributed by atoms with E-state index in [2.05, 4.69) is 23.9 Å². The maximum atomic E-state index is 8.43. The maximum absolute atomic E-state index is 8.43. The fourth-order valence-corrected chi connectivity index (χ4v) is 3.06. The standard InChI is InChI=1S/C8H17N3OS/c1-6-3-11(4-7(2)13-6)5-8(9)10-12/h6-7,12H,3-5H2,1-2H3,(H2,9,10). The van der Waals surface area contributed by atoms with E-state index < -0.39 is 0 Å². The molecule has 1 saturated heterocycles. The number of amidine groups is 1. The van der Waals surface area contributed by atoms with Gasteiger partial charge in [-0.2, -0.15) is 11.8 Å². The van der Waals surface area contributed by atoms with Crippen molar-refractivity contribution in [2.45, 2.75) is 24.3 Å². The predicted octanol–water partition coefficient (Wildman–Crippen LogP) is 0.559. The van der Waals surface area contributed by atoms with E-state index in [1.165, 1.54) is 0 Å². The summed E-state index contributed by atoms with van der Waals surface area (Å²) in [5.74, 6) is 0.298. The average Bonchev–Trinajstić information content (AvgIpc) is 2.02. The lowest BCUT2D eigenvalue weighted by molar-refractivity contribution is 0.289. The molecule has 5 heteroatoms. The molecule has 0 aromatic heterocycles. The summed E-state index contributed by atoms with van der Waals surface area (Å²) in [7, 11) is 0. The highest BCUT2D eigenvalue weighted by molar-refractivity contribution is 8.00. The van der Waals surface area contributed by atoms with Gasteiger partial charge >= 0.3 is 0 Å². The van der Waals surface area contributed by atoms with Gasteiger partial charge in [0.2, 0.25) is 0 Å². The van der Waals surface area contributed by atoms with Crippen LogP contribution in [0.15, 0.2) is 5.16 Å². The van der Waals surface area contributed by atoms with Crippen LogP contribution >= 0.6 is 11.8 Å². The van der Waals surface area contributed by atoms with Crippen LogP contribution in [0, 0.1) is 0 Å². The molecular weight excluding hydrogens is 186 g/mol. The molecule has 76 valence electrons. The smallest absolute Gasteiger partial charge is 0.153 e. The highest BCUT2D eigenvalue weighted by Crippen LogP contribution is 2.24. The highest BCUT2D eigenvalue weighted by atomic mass is 32.2. The Bertz CT molecular complexity index is 188. The summed E-state index contributed by atoms with van der Waals surface area (Å²) in [5, 5.41) is 12.7. The Kier molecular flexibility index (Phi) is 3.87. The molecule has 0 aromatic rings. The molecule has 1 heterocycles. The number of rotatable bonds is 2. The lowest BCUT2D eigenvalue weighted by Gasteiger charge is -2.33. The van der Waals surface area contributed by atoms with Crippen LogP contribution in [0.2, 0.25) is 0 Å². The Labute approximate surface area is 83.2 Å². The Morgan fingerprint density at radius 2 is 2.08 bits per heavy atom. The summed E-state index contributed by atoms with van der Waals surface area (Å²) in [6, 6.07) is 0. The quantitative estimate of drug-likeness (QED) is 0.298. The summed E-state index contributed by atoms with van der Waals surface area (Å²) < 4.78 is 0. The second-order valence-electron chi connectivity index (χ2n) is 3.54. The van der Waals surface area contributed by atoms with Gasteiger partial charge in [-0.15, -0.1) is 0 Å². The third-order valence-corrected chi connectivity index (χ3v) is 3.24. The Hall–Kier alpha value is -0.420. The fraction of sp³-hybridized carbons (Fsp3) is 0.875. The largest absolute Gasteiger partial charge is 0.409 e. The topological polar surface area (TPSA) is 61.8 Å². The summed E-state index contributed by atoms with van der Waals surface area (Å²) in [6.45, 7) is 7.03. The van der Waals surface area contributed by atoms with Crippen LogP contribution in [-0.2, 0) is 0 Å². The van der Waals surface area contributed by atoms with Gasteiger partial charge in [0, 0.05) is 23.6 Å². The van der Waals surface area contributed by atoms with Crippen molar-refractivity contribution >= 4 is 17.6 Å². The summed E-state index contributed by atoms with van der Waals surface area (Å²) >= 11 is 1.99. The molecule has 1 fully saturated rings. The molecule has 1 rings (SSSR count). The first-order valence-electron chi connectivity index (χ1n) is 4.46. The molecule has 0 amide bonds. The van der Waals surface area contributed by atoms with E-state index >= 15 is 0 Å². The van der Waals surface area contributed by atoms with Crippen molar-refractivity contribution < 1.29 is 5.21 Å². The van der Waals surface area contributed by atoms with Gasteiger partial charge in [0.25, 0.3) is 0 Å². The summed E-state index contributed by atoms with van der Waals surface area (Å²) in [5.41, 5.74) is 5.45. The molecule has 4 nitrogen and oxygen atoms in total. The van der Waals surface area contributed by atoms with Crippen LogP contribution in [-0.4, -0.2) is 46.1 Å². The Morgan fingerprint density at radius 3 is 2.54 bits per heavy atom. The number of hydrogen-bond acceptors (Lipinski definition) is 4. The first-order valence-corrected chi connectivity index (χ1v) is 5.40. The van der Waals surface area contributed by atoms with Crippen LogP contribution in [0.5, 0.6) is 0 Å². The molecule has 0 saturated carbocycles. The van der Waals surface area contributed by atoms with Crippen molar-refractivity contribution in [3.8, 4) is 0 Å². The average molecular weight is 203 g/mol. The van der Waals surface area contributed by atoms with Crippen molar-refractivity contribution in [1.82, 2.24) is 4.90 Å². The molecule has 3 N–H and O–H groups in total. The first-order chi connectivity index (χ1) is 6.11. The monoisotopic (exact) mass is 203 g/mol. The van der Waals surface area contributed by atoms with Gasteiger partial charge < -0.3 is 10.9 Å². The number of nitrogens with two attached hydrogens (primary N) is 1. The number of oxime groups is 1. The third kappa shape index (κ3) is 3.44. The molecular formula is C8H17N3OS. The second kappa shape index (κ2) is 4.72. The van der Waals surface area contributed by atoms with Gasteiger partial charge in [-0.25, -0.2) is 0 Å². The molecule has 1 aliphatic rings. The van der Waals surface area contributed by atoms with E-state index in [0.717, 1.165) is 13.1 Å². The van der Waals surface area contributed by atoms with Crippen molar-refractivity contribution in [1.29, 1.82) is 0 Å². The van der Waals surface area contributed by atoms with E-state index in [9.17, 15) is 0 Å². The number of hydrogen-bond donors (Lipinski definition) is 2. The molecule has 0 radical (unpaired) electrons. The van der Waals surface area contributed by atoms with Crippen molar-refractivity contribution in [3.05, 3.63) is 0 Å². The van der Waals surface area contributed by atoms with Crippen molar-refractivity contribution in [2.75, 3.05) is 19.6 Å².